The van der Waals surface area contributed by atoms with Crippen LogP contribution in [0.2, 0.25) is 0 Å². The van der Waals surface area contributed by atoms with Crippen molar-refractivity contribution in [2.45, 2.75) is 39.5 Å². The minimum absolute atomic E-state index is 0.445. The van der Waals surface area contributed by atoms with Gasteiger partial charge in [0.2, 0.25) is 0 Å². The Morgan fingerprint density at radius 3 is 1.68 bits per heavy atom. The summed E-state index contributed by atoms with van der Waals surface area (Å²) in [6.07, 6.45) is 5.88. The molecule has 2 aromatic heterocycles. The molecule has 0 amide bonds. The fourth-order valence-electron chi connectivity index (χ4n) is 8.16. The third-order valence-electron chi connectivity index (χ3n) is 11.5. The number of hydrogen-bond donors (Lipinski definition) is 0. The van der Waals surface area contributed by atoms with Crippen LogP contribution in [0, 0.1) is 23.7 Å². The van der Waals surface area contributed by atoms with E-state index in [0.717, 1.165) is 56.4 Å². The lowest BCUT2D eigenvalue weighted by Gasteiger charge is -2.26. The van der Waals surface area contributed by atoms with Gasteiger partial charge in [-0.3, -0.25) is 0 Å². The maximum Gasteiger partial charge on any atom is 0.100 e. The van der Waals surface area contributed by atoms with Crippen LogP contribution in [0.5, 0.6) is 0 Å². The van der Waals surface area contributed by atoms with E-state index in [4.69, 9.17) is 11.4 Å². The van der Waals surface area contributed by atoms with Gasteiger partial charge in [-0.1, -0.05) is 119 Å². The van der Waals surface area contributed by atoms with Crippen LogP contribution in [-0.2, 0) is 0 Å². The van der Waals surface area contributed by atoms with Gasteiger partial charge in [-0.15, -0.1) is 6.42 Å². The van der Waals surface area contributed by atoms with Gasteiger partial charge < -0.3 is 9.47 Å². The van der Waals surface area contributed by atoms with Crippen LogP contribution in [0.25, 0.3) is 61.1 Å². The molecule has 288 valence electrons. The molecule has 7 aromatic carbocycles. The fraction of sp³-hybridized carbons (Fsp3) is 0.107. The van der Waals surface area contributed by atoms with Gasteiger partial charge in [-0.05, 0) is 125 Å². The van der Waals surface area contributed by atoms with E-state index in [0.29, 0.717) is 23.0 Å². The molecule has 2 heterocycles. The first-order chi connectivity index (χ1) is 29.3. The maximum absolute atomic E-state index is 9.72. The summed E-state index contributed by atoms with van der Waals surface area (Å²) in [6.45, 7) is 8.92. The highest BCUT2D eigenvalue weighted by molar-refractivity contribution is 6.09. The second-order valence-electron chi connectivity index (χ2n) is 15.9. The molecule has 0 unspecified atom stereocenters. The number of para-hydroxylation sites is 2. The monoisotopic (exact) mass is 772 g/mol. The number of anilines is 3. The summed E-state index contributed by atoms with van der Waals surface area (Å²) in [7, 11) is 0. The van der Waals surface area contributed by atoms with E-state index >= 15 is 0 Å². The number of aromatic nitrogens is 2. The smallest absolute Gasteiger partial charge is 0.100 e. The van der Waals surface area contributed by atoms with Gasteiger partial charge in [0.15, 0.2) is 0 Å². The molecule has 0 spiro atoms. The lowest BCUT2D eigenvalue weighted by atomic mass is 9.97. The zero-order valence-electron chi connectivity index (χ0n) is 34.3. The van der Waals surface area contributed by atoms with Crippen LogP contribution in [-0.4, -0.2) is 9.55 Å². The quantitative estimate of drug-likeness (QED) is 0.137. The lowest BCUT2D eigenvalue weighted by molar-refractivity contribution is 0.866. The van der Waals surface area contributed by atoms with Crippen molar-refractivity contribution in [3.8, 4) is 57.7 Å². The number of pyridine rings is 1. The van der Waals surface area contributed by atoms with Crippen molar-refractivity contribution < 1.29 is 0 Å². The Morgan fingerprint density at radius 2 is 1.05 bits per heavy atom. The van der Waals surface area contributed by atoms with Crippen molar-refractivity contribution in [3.63, 3.8) is 0 Å². The molecule has 4 nitrogen and oxygen atoms in total. The van der Waals surface area contributed by atoms with Gasteiger partial charge in [0.25, 0.3) is 0 Å². The molecule has 0 fully saturated rings. The SMILES string of the molecule is C#Cc1cc(-c2cc(-c3ccc(N(c4ccccc4)c4ccc(C(C)C)cc4)cc3)nc(-c3ccc(-n4c5ccccc5c5cc(C(C)C)ccc54)cc3)c2)ccc1C#N. The summed E-state index contributed by atoms with van der Waals surface area (Å²) in [6, 6.07) is 64.2. The van der Waals surface area contributed by atoms with Crippen molar-refractivity contribution in [2.75, 3.05) is 4.90 Å². The minimum Gasteiger partial charge on any atom is -0.311 e. The summed E-state index contributed by atoms with van der Waals surface area (Å²) in [5, 5.41) is 12.2. The molecule has 0 radical (unpaired) electrons. The summed E-state index contributed by atoms with van der Waals surface area (Å²) >= 11 is 0. The van der Waals surface area contributed by atoms with E-state index in [2.05, 4.69) is 201 Å². The molecule has 0 saturated carbocycles. The molecule has 0 aliphatic heterocycles. The zero-order valence-corrected chi connectivity index (χ0v) is 34.3. The molecular weight excluding hydrogens is 729 g/mol. The van der Waals surface area contributed by atoms with Gasteiger partial charge in [0, 0.05) is 50.2 Å². The van der Waals surface area contributed by atoms with Gasteiger partial charge in [-0.2, -0.15) is 5.26 Å². The standard InChI is InChI=1S/C56H44N4/c1-6-39-32-44(16-17-45(39)36-57)46-34-53(41-20-27-49(28-21-41)59(47-12-8-7-9-13-47)48-25-18-40(19-26-48)37(2)3)58-54(35-46)42-22-29-50(30-23-42)60-55-15-11-10-14-51(55)52-33-43(38(4)5)24-31-56(52)60/h1,7-35,37-38H,2-5H3. The van der Waals surface area contributed by atoms with Crippen LogP contribution in [0.1, 0.15) is 61.8 Å². The van der Waals surface area contributed by atoms with E-state index in [-0.39, 0.29) is 0 Å². The Morgan fingerprint density at radius 1 is 0.500 bits per heavy atom. The Bertz CT molecular complexity index is 3080. The Kier molecular flexibility index (Phi) is 10.1. The van der Waals surface area contributed by atoms with Crippen molar-refractivity contribution >= 4 is 38.9 Å². The summed E-state index contributed by atoms with van der Waals surface area (Å²) in [5.41, 5.74) is 15.9. The number of terminal acetylenes is 1. The van der Waals surface area contributed by atoms with E-state index in [1.165, 1.54) is 32.9 Å². The van der Waals surface area contributed by atoms with Crippen molar-refractivity contribution in [2.24, 2.45) is 0 Å². The van der Waals surface area contributed by atoms with Crippen LogP contribution in [0.4, 0.5) is 17.1 Å². The number of nitrogens with zero attached hydrogens (tertiary/aromatic N) is 4. The molecular formula is C56H44N4. The molecule has 0 bridgehead atoms. The Labute approximate surface area is 352 Å². The molecule has 4 heteroatoms. The average Bonchev–Trinajstić information content (AvgIpc) is 3.63. The minimum atomic E-state index is 0.445. The fourth-order valence-corrected chi connectivity index (χ4v) is 8.16. The van der Waals surface area contributed by atoms with Crippen molar-refractivity contribution in [1.29, 1.82) is 5.26 Å². The first-order valence-electron chi connectivity index (χ1n) is 20.5. The summed E-state index contributed by atoms with van der Waals surface area (Å²) < 4.78 is 2.35. The number of fused-ring (bicyclic) bond motifs is 3. The Balaban J connectivity index is 1.13. The zero-order chi connectivity index (χ0) is 41.3. The lowest BCUT2D eigenvalue weighted by Crippen LogP contribution is -2.09. The molecule has 9 rings (SSSR count). The van der Waals surface area contributed by atoms with Crippen molar-refractivity contribution in [3.05, 3.63) is 198 Å². The maximum atomic E-state index is 9.72. The van der Waals surface area contributed by atoms with Crippen LogP contribution in [0.15, 0.2) is 176 Å². The number of hydrogen-bond acceptors (Lipinski definition) is 3. The second-order valence-corrected chi connectivity index (χ2v) is 15.9. The molecule has 0 saturated heterocycles. The topological polar surface area (TPSA) is 44.9 Å². The summed E-state index contributed by atoms with van der Waals surface area (Å²) in [5.74, 6) is 3.61. The molecule has 9 aromatic rings. The highest BCUT2D eigenvalue weighted by Crippen LogP contribution is 2.38. The van der Waals surface area contributed by atoms with Crippen LogP contribution in [0.3, 0.4) is 0 Å². The molecule has 0 aliphatic rings. The third kappa shape index (κ3) is 7.10. The van der Waals surface area contributed by atoms with E-state index in [1.807, 2.05) is 18.2 Å². The predicted molar refractivity (Wildman–Crippen MR) is 250 cm³/mol. The second kappa shape index (κ2) is 15.9. The summed E-state index contributed by atoms with van der Waals surface area (Å²) in [4.78, 5) is 7.58. The van der Waals surface area contributed by atoms with Gasteiger partial charge in [-0.25, -0.2) is 4.98 Å². The first-order valence-corrected chi connectivity index (χ1v) is 20.5. The normalized spacial score (nSPS) is 11.3. The van der Waals surface area contributed by atoms with Gasteiger partial charge in [0.1, 0.15) is 6.07 Å². The number of nitriles is 1. The third-order valence-corrected chi connectivity index (χ3v) is 11.5. The molecule has 0 atom stereocenters. The van der Waals surface area contributed by atoms with E-state index in [1.54, 1.807) is 6.07 Å². The number of benzene rings is 7. The highest BCUT2D eigenvalue weighted by Gasteiger charge is 2.17. The predicted octanol–water partition coefficient (Wildman–Crippen LogP) is 14.7. The molecule has 0 N–H and O–H groups in total. The van der Waals surface area contributed by atoms with E-state index in [9.17, 15) is 5.26 Å². The van der Waals surface area contributed by atoms with Crippen molar-refractivity contribution in [1.82, 2.24) is 9.55 Å². The number of rotatable bonds is 9. The largest absolute Gasteiger partial charge is 0.311 e. The first kappa shape index (κ1) is 37.9. The molecule has 60 heavy (non-hydrogen) atoms. The van der Waals surface area contributed by atoms with Crippen LogP contribution < -0.4 is 4.90 Å². The van der Waals surface area contributed by atoms with Gasteiger partial charge in [0.05, 0.1) is 28.0 Å². The van der Waals surface area contributed by atoms with Crippen LogP contribution >= 0.6 is 0 Å². The van der Waals surface area contributed by atoms with E-state index < -0.39 is 0 Å². The molecule has 0 aliphatic carbocycles. The Hall–Kier alpha value is -7.66. The highest BCUT2D eigenvalue weighted by atomic mass is 15.1. The average molecular weight is 773 g/mol. The van der Waals surface area contributed by atoms with Gasteiger partial charge >= 0.3 is 0 Å².